The first kappa shape index (κ1) is 20.1. The van der Waals surface area contributed by atoms with Gasteiger partial charge in [-0.05, 0) is 6.07 Å². The number of carboxylic acids is 1. The standard InChI is InChI=1S/C12H13Cl3NO6PS/c1-12(4-19-3-9(17)18)5-20-23(24,21-6-12)22-11-8(14)2-7(13)10(15)16-11/h2H,3-6H2,1H3,(H,17,18). The van der Waals surface area contributed by atoms with Crippen LogP contribution in [0.4, 0.5) is 0 Å². The van der Waals surface area contributed by atoms with Gasteiger partial charge in [0.25, 0.3) is 0 Å². The van der Waals surface area contributed by atoms with E-state index in [-0.39, 0.29) is 40.9 Å². The van der Waals surface area contributed by atoms with Gasteiger partial charge in [-0.2, -0.15) is 4.98 Å². The summed E-state index contributed by atoms with van der Waals surface area (Å²) in [5.74, 6) is -1.08. The molecule has 0 saturated carbocycles. The first-order valence-electron chi connectivity index (χ1n) is 6.52. The maximum absolute atomic E-state index is 10.5. The molecule has 0 spiro atoms. The summed E-state index contributed by atoms with van der Waals surface area (Å²) in [5, 5.41) is 8.90. The van der Waals surface area contributed by atoms with Crippen LogP contribution in [0.1, 0.15) is 6.92 Å². The number of aromatic nitrogens is 1. The van der Waals surface area contributed by atoms with E-state index in [4.69, 9.17) is 70.0 Å². The minimum Gasteiger partial charge on any atom is -0.480 e. The summed E-state index contributed by atoms with van der Waals surface area (Å²) >= 11 is 22.9. The molecule has 1 aliphatic rings. The van der Waals surface area contributed by atoms with Crippen LogP contribution in [-0.4, -0.2) is 42.5 Å². The molecule has 12 heteroatoms. The van der Waals surface area contributed by atoms with Crippen molar-refractivity contribution < 1.29 is 28.2 Å². The highest BCUT2D eigenvalue weighted by Crippen LogP contribution is 2.55. The van der Waals surface area contributed by atoms with Crippen molar-refractivity contribution in [1.82, 2.24) is 4.98 Å². The van der Waals surface area contributed by atoms with Gasteiger partial charge in [0, 0.05) is 17.2 Å². The highest BCUT2D eigenvalue weighted by molar-refractivity contribution is 8.07. The minimum absolute atomic E-state index is 0.0154. The number of hydrogen-bond acceptors (Lipinski definition) is 7. The second-order valence-electron chi connectivity index (χ2n) is 5.33. The third-order valence-corrected chi connectivity index (χ3v) is 5.96. The van der Waals surface area contributed by atoms with Gasteiger partial charge in [0.15, 0.2) is 5.15 Å². The lowest BCUT2D eigenvalue weighted by molar-refractivity contribution is -0.144. The molecule has 2 rings (SSSR count). The molecule has 1 aromatic heterocycles. The summed E-state index contributed by atoms with van der Waals surface area (Å²) in [5.41, 5.74) is -0.546. The molecule has 7 nitrogen and oxygen atoms in total. The Bertz CT molecular complexity index is 679. The fourth-order valence-corrected chi connectivity index (χ4v) is 4.25. The Morgan fingerprint density at radius 3 is 2.62 bits per heavy atom. The SMILES string of the molecule is CC1(COCC(=O)O)COP(=S)(Oc2nc(Cl)c(Cl)cc2Cl)OC1. The van der Waals surface area contributed by atoms with Gasteiger partial charge in [-0.15, -0.1) is 0 Å². The monoisotopic (exact) mass is 435 g/mol. The molecule has 24 heavy (non-hydrogen) atoms. The van der Waals surface area contributed by atoms with Gasteiger partial charge in [-0.3, -0.25) is 9.05 Å². The zero-order valence-electron chi connectivity index (χ0n) is 12.3. The van der Waals surface area contributed by atoms with Crippen molar-refractivity contribution in [1.29, 1.82) is 0 Å². The van der Waals surface area contributed by atoms with Crippen molar-refractivity contribution in [3.63, 3.8) is 0 Å². The molecule has 0 atom stereocenters. The van der Waals surface area contributed by atoms with Crippen molar-refractivity contribution in [2.75, 3.05) is 26.4 Å². The molecular formula is C12H13Cl3NO6PS. The van der Waals surface area contributed by atoms with Gasteiger partial charge in [0.05, 0.1) is 24.8 Å². The van der Waals surface area contributed by atoms with Crippen molar-refractivity contribution in [2.45, 2.75) is 6.92 Å². The van der Waals surface area contributed by atoms with E-state index in [1.807, 2.05) is 6.92 Å². The number of halogens is 3. The van der Waals surface area contributed by atoms with Gasteiger partial charge in [-0.25, -0.2) is 4.79 Å². The number of pyridine rings is 1. The van der Waals surface area contributed by atoms with E-state index >= 15 is 0 Å². The van der Waals surface area contributed by atoms with Crippen LogP contribution >= 0.6 is 41.5 Å². The Kier molecular flexibility index (Phi) is 6.72. The average molecular weight is 437 g/mol. The van der Waals surface area contributed by atoms with E-state index < -0.39 is 24.7 Å². The molecule has 1 N–H and O–H groups in total. The summed E-state index contributed by atoms with van der Waals surface area (Å²) in [4.78, 5) is 14.4. The molecule has 1 aliphatic heterocycles. The van der Waals surface area contributed by atoms with Gasteiger partial charge in [-0.1, -0.05) is 41.7 Å². The van der Waals surface area contributed by atoms with Crippen LogP contribution in [0.3, 0.4) is 0 Å². The topological polar surface area (TPSA) is 87.1 Å². The van der Waals surface area contributed by atoms with Gasteiger partial charge in [0.2, 0.25) is 5.88 Å². The smallest absolute Gasteiger partial charge is 0.381 e. The van der Waals surface area contributed by atoms with E-state index in [2.05, 4.69) is 4.98 Å². The third kappa shape index (κ3) is 5.41. The molecule has 0 bridgehead atoms. The maximum atomic E-state index is 10.5. The first-order valence-corrected chi connectivity index (χ1v) is 10.2. The summed E-state index contributed by atoms with van der Waals surface area (Å²) in [6, 6.07) is 1.38. The quantitative estimate of drug-likeness (QED) is 0.532. The number of aliphatic carboxylic acids is 1. The fourth-order valence-electron chi connectivity index (χ4n) is 1.67. The van der Waals surface area contributed by atoms with Crippen LogP contribution in [0.25, 0.3) is 0 Å². The van der Waals surface area contributed by atoms with Crippen LogP contribution in [-0.2, 0) is 30.4 Å². The number of nitrogens with zero attached hydrogens (tertiary/aromatic N) is 1. The van der Waals surface area contributed by atoms with Crippen LogP contribution in [0.2, 0.25) is 15.2 Å². The van der Waals surface area contributed by atoms with Crippen molar-refractivity contribution in [3.8, 4) is 5.88 Å². The fraction of sp³-hybridized carbons (Fsp3) is 0.500. The van der Waals surface area contributed by atoms with Crippen LogP contribution in [0.5, 0.6) is 5.88 Å². The summed E-state index contributed by atoms with van der Waals surface area (Å²) < 4.78 is 21.7. The maximum Gasteiger partial charge on any atom is 0.381 e. The van der Waals surface area contributed by atoms with Crippen molar-refractivity contribution >= 4 is 59.3 Å². The molecule has 1 fully saturated rings. The van der Waals surface area contributed by atoms with Gasteiger partial charge < -0.3 is 14.4 Å². The lowest BCUT2D eigenvalue weighted by Crippen LogP contribution is -2.38. The minimum atomic E-state index is -3.12. The van der Waals surface area contributed by atoms with E-state index in [1.54, 1.807) is 0 Å². The normalized spacial score (nSPS) is 27.0. The summed E-state index contributed by atoms with van der Waals surface area (Å²) in [6.07, 6.45) is 0. The first-order chi connectivity index (χ1) is 11.1. The van der Waals surface area contributed by atoms with E-state index in [0.717, 1.165) is 0 Å². The van der Waals surface area contributed by atoms with Crippen LogP contribution < -0.4 is 4.52 Å². The number of rotatable bonds is 6. The zero-order chi connectivity index (χ0) is 18.0. The summed E-state index contributed by atoms with van der Waals surface area (Å²) in [7, 11) is 0. The number of ether oxygens (including phenoxy) is 1. The molecule has 1 aromatic rings. The predicted octanol–water partition coefficient (Wildman–Crippen LogP) is 3.80. The van der Waals surface area contributed by atoms with Crippen LogP contribution in [0, 0.1) is 5.41 Å². The molecule has 1 saturated heterocycles. The van der Waals surface area contributed by atoms with Crippen molar-refractivity contribution in [3.05, 3.63) is 21.3 Å². The second kappa shape index (κ2) is 8.01. The Labute approximate surface area is 158 Å². The molecule has 0 radical (unpaired) electrons. The second-order valence-corrected chi connectivity index (χ2v) is 9.44. The number of hydrogen-bond donors (Lipinski definition) is 1. The molecule has 0 aromatic carbocycles. The van der Waals surface area contributed by atoms with E-state index in [1.165, 1.54) is 6.07 Å². The average Bonchev–Trinajstić information content (AvgIpc) is 2.48. The molecule has 0 amide bonds. The Morgan fingerprint density at radius 1 is 1.42 bits per heavy atom. The van der Waals surface area contributed by atoms with Crippen molar-refractivity contribution in [2.24, 2.45) is 5.41 Å². The van der Waals surface area contributed by atoms with Gasteiger partial charge >= 0.3 is 12.7 Å². The largest absolute Gasteiger partial charge is 0.480 e. The highest BCUT2D eigenvalue weighted by atomic mass is 35.5. The molecular weight excluding hydrogens is 424 g/mol. The third-order valence-electron chi connectivity index (χ3n) is 2.87. The Hall–Kier alpha value is -0.180. The lowest BCUT2D eigenvalue weighted by atomic mass is 9.94. The van der Waals surface area contributed by atoms with Gasteiger partial charge in [0.1, 0.15) is 11.6 Å². The Balaban J connectivity index is 1.98. The molecule has 2 heterocycles. The number of carboxylic acid groups (broad SMARTS) is 1. The molecule has 0 aliphatic carbocycles. The van der Waals surface area contributed by atoms with Crippen LogP contribution in [0.15, 0.2) is 6.07 Å². The predicted molar refractivity (Wildman–Crippen MR) is 92.6 cm³/mol. The number of carbonyl (C=O) groups is 1. The molecule has 134 valence electrons. The lowest BCUT2D eigenvalue weighted by Gasteiger charge is -2.37. The molecule has 0 unspecified atom stereocenters. The van der Waals surface area contributed by atoms with E-state index in [9.17, 15) is 4.79 Å². The highest BCUT2D eigenvalue weighted by Gasteiger charge is 2.39. The zero-order valence-corrected chi connectivity index (χ0v) is 16.3. The Morgan fingerprint density at radius 2 is 2.04 bits per heavy atom. The summed E-state index contributed by atoms with van der Waals surface area (Å²) in [6.45, 7) is -1.22. The van der Waals surface area contributed by atoms with E-state index in [0.29, 0.717) is 0 Å².